The molecule has 1 aromatic rings. The third-order valence-corrected chi connectivity index (χ3v) is 2.34. The molecule has 0 aliphatic carbocycles. The van der Waals surface area contributed by atoms with Crippen LogP contribution in [0.2, 0.25) is 0 Å². The molecule has 0 saturated heterocycles. The van der Waals surface area contributed by atoms with E-state index in [1.807, 2.05) is 12.1 Å². The molecule has 1 nitrogen and oxygen atoms in total. The predicted octanol–water partition coefficient (Wildman–Crippen LogP) is 2.37. The lowest BCUT2D eigenvalue weighted by atomic mass is 9.98. The van der Waals surface area contributed by atoms with Crippen LogP contribution >= 0.6 is 0 Å². The highest BCUT2D eigenvalue weighted by molar-refractivity contribution is 5.40. The number of hydrogen-bond acceptors (Lipinski definition) is 1. The maximum atomic E-state index is 5.55. The molecular weight excluding hydrogens is 148 g/mol. The van der Waals surface area contributed by atoms with Gasteiger partial charge in [-0.2, -0.15) is 0 Å². The van der Waals surface area contributed by atoms with Crippen LogP contribution in [0.3, 0.4) is 0 Å². The molecule has 1 heterocycles. The van der Waals surface area contributed by atoms with Crippen LogP contribution in [0.25, 0.3) is 0 Å². The minimum Gasteiger partial charge on any atom is -0.493 e. The molecule has 0 atom stereocenters. The van der Waals surface area contributed by atoms with Crippen LogP contribution in [0.5, 0.6) is 5.75 Å². The lowest BCUT2D eigenvalue weighted by molar-refractivity contribution is 0.287. The molecular formula is C11H13O. The fraction of sp³-hybridized carbons (Fsp3) is 0.455. The minimum atomic E-state index is 0.875. The van der Waals surface area contributed by atoms with Gasteiger partial charge >= 0.3 is 0 Å². The first-order valence-electron chi connectivity index (χ1n) is 4.57. The van der Waals surface area contributed by atoms with Crippen molar-refractivity contribution in [2.24, 2.45) is 0 Å². The molecule has 1 aromatic carbocycles. The fourth-order valence-electron chi connectivity index (χ4n) is 1.71. The second kappa shape index (κ2) is 3.18. The highest BCUT2D eigenvalue weighted by Gasteiger charge is 2.12. The van der Waals surface area contributed by atoms with Crippen molar-refractivity contribution in [2.45, 2.75) is 26.2 Å². The van der Waals surface area contributed by atoms with Crippen LogP contribution in [0.4, 0.5) is 0 Å². The van der Waals surface area contributed by atoms with Gasteiger partial charge in [0.2, 0.25) is 0 Å². The van der Waals surface area contributed by atoms with E-state index in [1.165, 1.54) is 11.1 Å². The monoisotopic (exact) mass is 161 g/mol. The Morgan fingerprint density at radius 2 is 2.50 bits per heavy atom. The Labute approximate surface area is 73.4 Å². The van der Waals surface area contributed by atoms with Crippen LogP contribution in [0.15, 0.2) is 12.1 Å². The first kappa shape index (κ1) is 7.66. The van der Waals surface area contributed by atoms with Crippen molar-refractivity contribution in [1.29, 1.82) is 0 Å². The van der Waals surface area contributed by atoms with Gasteiger partial charge < -0.3 is 4.74 Å². The van der Waals surface area contributed by atoms with E-state index in [2.05, 4.69) is 13.0 Å². The van der Waals surface area contributed by atoms with Gasteiger partial charge in [-0.3, -0.25) is 0 Å². The quantitative estimate of drug-likeness (QED) is 0.614. The number of ether oxygens (including phenoxy) is 1. The molecule has 0 unspecified atom stereocenters. The zero-order valence-electron chi connectivity index (χ0n) is 7.39. The topological polar surface area (TPSA) is 9.23 Å². The van der Waals surface area contributed by atoms with Gasteiger partial charge in [0, 0.05) is 0 Å². The Bertz CT molecular complexity index is 264. The Morgan fingerprint density at radius 3 is 3.33 bits per heavy atom. The van der Waals surface area contributed by atoms with Gasteiger partial charge in [0.25, 0.3) is 0 Å². The molecule has 0 bridgehead atoms. The summed E-state index contributed by atoms with van der Waals surface area (Å²) >= 11 is 0. The second-order valence-electron chi connectivity index (χ2n) is 3.10. The highest BCUT2D eigenvalue weighted by Crippen LogP contribution is 2.27. The van der Waals surface area contributed by atoms with Gasteiger partial charge in [-0.15, -0.1) is 0 Å². The first-order chi connectivity index (χ1) is 5.92. The maximum absolute atomic E-state index is 5.55. The largest absolute Gasteiger partial charge is 0.493 e. The number of hydrogen-bond donors (Lipinski definition) is 0. The lowest BCUT2D eigenvalue weighted by Crippen LogP contribution is -2.10. The molecule has 1 aliphatic heterocycles. The molecule has 63 valence electrons. The molecule has 0 N–H and O–H groups in total. The minimum absolute atomic E-state index is 0.875. The lowest BCUT2D eigenvalue weighted by Gasteiger charge is -2.19. The summed E-state index contributed by atoms with van der Waals surface area (Å²) in [5.74, 6) is 1.08. The average Bonchev–Trinajstić information content (AvgIpc) is 2.17. The summed E-state index contributed by atoms with van der Waals surface area (Å²) in [5, 5.41) is 0. The Kier molecular flexibility index (Phi) is 2.03. The third-order valence-electron chi connectivity index (χ3n) is 2.34. The fourth-order valence-corrected chi connectivity index (χ4v) is 1.71. The number of aryl methyl sites for hydroxylation is 1. The molecule has 1 radical (unpaired) electrons. The van der Waals surface area contributed by atoms with Gasteiger partial charge in [-0.25, -0.2) is 0 Å². The van der Waals surface area contributed by atoms with Gasteiger partial charge in [0.05, 0.1) is 6.61 Å². The van der Waals surface area contributed by atoms with Crippen LogP contribution < -0.4 is 4.74 Å². The Morgan fingerprint density at radius 1 is 1.58 bits per heavy atom. The summed E-state index contributed by atoms with van der Waals surface area (Å²) in [6, 6.07) is 7.25. The van der Waals surface area contributed by atoms with E-state index in [4.69, 9.17) is 4.74 Å². The summed E-state index contributed by atoms with van der Waals surface area (Å²) in [4.78, 5) is 0. The normalized spacial score (nSPS) is 15.1. The standard InChI is InChI=1S/C11H13O/c1-2-9-5-3-7-11-10(9)6-4-8-12-11/h3,7H,2,4,6,8H2,1H3. The molecule has 1 aliphatic rings. The molecule has 0 spiro atoms. The molecule has 1 heteroatoms. The number of rotatable bonds is 1. The number of fused-ring (bicyclic) bond motifs is 1. The SMILES string of the molecule is CCc1[c]ccc2c1CCCO2. The Hall–Kier alpha value is -0.980. The molecule has 0 aromatic heterocycles. The van der Waals surface area contributed by atoms with Crippen molar-refractivity contribution in [3.8, 4) is 5.75 Å². The molecule has 2 rings (SSSR count). The molecule has 12 heavy (non-hydrogen) atoms. The van der Waals surface area contributed by atoms with Gasteiger partial charge in [0.1, 0.15) is 5.75 Å². The summed E-state index contributed by atoms with van der Waals surface area (Å²) < 4.78 is 5.55. The average molecular weight is 161 g/mol. The summed E-state index contributed by atoms with van der Waals surface area (Å²) in [7, 11) is 0. The molecule has 0 saturated carbocycles. The van der Waals surface area contributed by atoms with Gasteiger partial charge in [-0.1, -0.05) is 13.0 Å². The van der Waals surface area contributed by atoms with E-state index < -0.39 is 0 Å². The van der Waals surface area contributed by atoms with E-state index in [-0.39, 0.29) is 0 Å². The highest BCUT2D eigenvalue weighted by atomic mass is 16.5. The number of benzene rings is 1. The van der Waals surface area contributed by atoms with E-state index in [9.17, 15) is 0 Å². The zero-order valence-corrected chi connectivity index (χ0v) is 7.39. The van der Waals surface area contributed by atoms with Crippen molar-refractivity contribution in [3.63, 3.8) is 0 Å². The Balaban J connectivity index is 2.44. The van der Waals surface area contributed by atoms with Crippen molar-refractivity contribution in [2.75, 3.05) is 6.61 Å². The van der Waals surface area contributed by atoms with Crippen molar-refractivity contribution < 1.29 is 4.74 Å². The zero-order chi connectivity index (χ0) is 8.39. The van der Waals surface area contributed by atoms with Gasteiger partial charge in [-0.05, 0) is 42.5 Å². The van der Waals surface area contributed by atoms with Crippen LogP contribution in [0.1, 0.15) is 24.5 Å². The predicted molar refractivity (Wildman–Crippen MR) is 48.5 cm³/mol. The first-order valence-corrected chi connectivity index (χ1v) is 4.57. The third kappa shape index (κ3) is 1.20. The second-order valence-corrected chi connectivity index (χ2v) is 3.10. The van der Waals surface area contributed by atoms with Crippen LogP contribution in [0, 0.1) is 6.07 Å². The summed E-state index contributed by atoms with van der Waals surface area (Å²) in [5.41, 5.74) is 2.71. The summed E-state index contributed by atoms with van der Waals surface area (Å²) in [6.07, 6.45) is 3.38. The molecule has 0 fully saturated rings. The smallest absolute Gasteiger partial charge is 0.122 e. The van der Waals surface area contributed by atoms with E-state index in [0.717, 1.165) is 31.6 Å². The van der Waals surface area contributed by atoms with Crippen molar-refractivity contribution in [3.05, 3.63) is 29.3 Å². The van der Waals surface area contributed by atoms with Crippen molar-refractivity contribution >= 4 is 0 Å². The van der Waals surface area contributed by atoms with Crippen molar-refractivity contribution in [1.82, 2.24) is 0 Å². The van der Waals surface area contributed by atoms with Gasteiger partial charge in [0.15, 0.2) is 0 Å². The van der Waals surface area contributed by atoms with E-state index in [0.29, 0.717) is 0 Å². The van der Waals surface area contributed by atoms with Crippen LogP contribution in [-0.4, -0.2) is 6.61 Å². The summed E-state index contributed by atoms with van der Waals surface area (Å²) in [6.45, 7) is 3.04. The van der Waals surface area contributed by atoms with E-state index in [1.54, 1.807) is 0 Å². The van der Waals surface area contributed by atoms with E-state index >= 15 is 0 Å². The van der Waals surface area contributed by atoms with Crippen LogP contribution in [-0.2, 0) is 12.8 Å². The maximum Gasteiger partial charge on any atom is 0.122 e. The molecule has 0 amide bonds.